The number of allylic oxidation sites excluding steroid dienone is 2. The predicted octanol–water partition coefficient (Wildman–Crippen LogP) is 3.04. The van der Waals surface area contributed by atoms with Gasteiger partial charge < -0.3 is 5.11 Å². The number of hydrogen-bond donors (Lipinski definition) is 1. The number of benzene rings is 1. The molecule has 0 spiro atoms. The molecule has 0 aliphatic heterocycles. The lowest BCUT2D eigenvalue weighted by Crippen LogP contribution is -1.88. The van der Waals surface area contributed by atoms with Crippen LogP contribution in [0.4, 0.5) is 4.39 Å². The molecular formula is C11H13FO. The highest BCUT2D eigenvalue weighted by atomic mass is 19.1. The molecule has 0 saturated carbocycles. The zero-order valence-electron chi connectivity index (χ0n) is 7.84. The molecule has 1 aromatic carbocycles. The minimum Gasteiger partial charge on any atom is -0.508 e. The minimum atomic E-state index is -0.309. The molecule has 0 amide bonds. The van der Waals surface area contributed by atoms with Crippen molar-refractivity contribution in [3.8, 4) is 5.75 Å². The summed E-state index contributed by atoms with van der Waals surface area (Å²) in [6.45, 7) is 3.87. The fourth-order valence-corrected chi connectivity index (χ4v) is 1.10. The summed E-state index contributed by atoms with van der Waals surface area (Å²) >= 11 is 0. The molecule has 2 heteroatoms. The minimum absolute atomic E-state index is 0.155. The Kier molecular flexibility index (Phi) is 3.07. The van der Waals surface area contributed by atoms with Gasteiger partial charge in [0.2, 0.25) is 0 Å². The Hall–Kier alpha value is -1.31. The lowest BCUT2D eigenvalue weighted by Gasteiger charge is -2.04. The maximum absolute atomic E-state index is 12.8. The van der Waals surface area contributed by atoms with Crippen molar-refractivity contribution in [1.29, 1.82) is 0 Å². The molecule has 1 rings (SSSR count). The Bertz CT molecular complexity index is 329. The SMILES string of the molecule is C/C=C(\C)Cc1cc(F)ccc1O. The second-order valence-electron chi connectivity index (χ2n) is 3.08. The Labute approximate surface area is 77.5 Å². The first kappa shape index (κ1) is 9.78. The van der Waals surface area contributed by atoms with Gasteiger partial charge in [-0.1, -0.05) is 11.6 Å². The first-order valence-corrected chi connectivity index (χ1v) is 4.22. The second kappa shape index (κ2) is 4.08. The van der Waals surface area contributed by atoms with Gasteiger partial charge in [-0.15, -0.1) is 0 Å². The van der Waals surface area contributed by atoms with Crippen molar-refractivity contribution in [3.63, 3.8) is 0 Å². The van der Waals surface area contributed by atoms with Crippen LogP contribution in [-0.2, 0) is 6.42 Å². The van der Waals surface area contributed by atoms with Gasteiger partial charge in [-0.05, 0) is 38.5 Å². The molecule has 0 aliphatic carbocycles. The van der Waals surface area contributed by atoms with Gasteiger partial charge in [-0.25, -0.2) is 4.39 Å². The lowest BCUT2D eigenvalue weighted by atomic mass is 10.1. The Morgan fingerprint density at radius 2 is 2.23 bits per heavy atom. The number of phenols is 1. The van der Waals surface area contributed by atoms with Gasteiger partial charge in [-0.2, -0.15) is 0 Å². The molecule has 0 atom stereocenters. The van der Waals surface area contributed by atoms with E-state index in [2.05, 4.69) is 0 Å². The number of rotatable bonds is 2. The van der Waals surface area contributed by atoms with E-state index in [-0.39, 0.29) is 11.6 Å². The summed E-state index contributed by atoms with van der Waals surface area (Å²) in [5.41, 5.74) is 1.75. The normalized spacial score (nSPS) is 11.8. The quantitative estimate of drug-likeness (QED) is 0.693. The predicted molar refractivity (Wildman–Crippen MR) is 51.2 cm³/mol. The van der Waals surface area contributed by atoms with Crippen LogP contribution in [0.5, 0.6) is 5.75 Å². The summed E-state index contributed by atoms with van der Waals surface area (Å²) in [5.74, 6) is -0.153. The van der Waals surface area contributed by atoms with Crippen molar-refractivity contribution >= 4 is 0 Å². The van der Waals surface area contributed by atoms with Gasteiger partial charge in [0.25, 0.3) is 0 Å². The van der Waals surface area contributed by atoms with E-state index in [4.69, 9.17) is 0 Å². The van der Waals surface area contributed by atoms with E-state index >= 15 is 0 Å². The average Bonchev–Trinajstić information content (AvgIpc) is 2.11. The van der Waals surface area contributed by atoms with E-state index in [0.717, 1.165) is 5.57 Å². The van der Waals surface area contributed by atoms with Crippen LogP contribution >= 0.6 is 0 Å². The summed E-state index contributed by atoms with van der Waals surface area (Å²) in [4.78, 5) is 0. The third-order valence-corrected chi connectivity index (χ3v) is 2.00. The van der Waals surface area contributed by atoms with Crippen LogP contribution in [0.15, 0.2) is 29.8 Å². The number of aromatic hydroxyl groups is 1. The summed E-state index contributed by atoms with van der Waals surface area (Å²) in [5, 5.41) is 9.39. The monoisotopic (exact) mass is 180 g/mol. The van der Waals surface area contributed by atoms with Crippen LogP contribution in [0.1, 0.15) is 19.4 Å². The zero-order chi connectivity index (χ0) is 9.84. The van der Waals surface area contributed by atoms with E-state index in [1.165, 1.54) is 18.2 Å². The molecule has 0 fully saturated rings. The second-order valence-corrected chi connectivity index (χ2v) is 3.08. The topological polar surface area (TPSA) is 20.2 Å². The highest BCUT2D eigenvalue weighted by Crippen LogP contribution is 2.20. The van der Waals surface area contributed by atoms with Crippen LogP contribution in [0.2, 0.25) is 0 Å². The maximum atomic E-state index is 12.8. The molecule has 70 valence electrons. The van der Waals surface area contributed by atoms with Crippen molar-refractivity contribution in [3.05, 3.63) is 41.2 Å². The van der Waals surface area contributed by atoms with Crippen molar-refractivity contribution in [2.24, 2.45) is 0 Å². The van der Waals surface area contributed by atoms with E-state index in [9.17, 15) is 9.50 Å². The molecular weight excluding hydrogens is 167 g/mol. The van der Waals surface area contributed by atoms with Gasteiger partial charge >= 0.3 is 0 Å². The van der Waals surface area contributed by atoms with Crippen LogP contribution in [0.3, 0.4) is 0 Å². The molecule has 1 N–H and O–H groups in total. The average molecular weight is 180 g/mol. The fourth-order valence-electron chi connectivity index (χ4n) is 1.10. The van der Waals surface area contributed by atoms with Crippen molar-refractivity contribution in [2.45, 2.75) is 20.3 Å². The van der Waals surface area contributed by atoms with Crippen LogP contribution in [-0.4, -0.2) is 5.11 Å². The number of phenolic OH excluding ortho intramolecular Hbond substituents is 1. The molecule has 0 aromatic heterocycles. The molecule has 0 radical (unpaired) electrons. The van der Waals surface area contributed by atoms with Gasteiger partial charge in [0, 0.05) is 5.56 Å². The van der Waals surface area contributed by atoms with Crippen LogP contribution in [0.25, 0.3) is 0 Å². The Balaban J connectivity index is 2.94. The highest BCUT2D eigenvalue weighted by molar-refractivity contribution is 5.35. The van der Waals surface area contributed by atoms with Gasteiger partial charge in [-0.3, -0.25) is 0 Å². The molecule has 0 unspecified atom stereocenters. The van der Waals surface area contributed by atoms with Gasteiger partial charge in [0.15, 0.2) is 0 Å². The molecule has 0 heterocycles. The Morgan fingerprint density at radius 1 is 1.54 bits per heavy atom. The zero-order valence-corrected chi connectivity index (χ0v) is 7.84. The van der Waals surface area contributed by atoms with Crippen LogP contribution in [0, 0.1) is 5.82 Å². The summed E-state index contributed by atoms with van der Waals surface area (Å²) in [7, 11) is 0. The number of halogens is 1. The highest BCUT2D eigenvalue weighted by Gasteiger charge is 2.02. The third kappa shape index (κ3) is 2.58. The first-order chi connectivity index (χ1) is 6.13. The smallest absolute Gasteiger partial charge is 0.123 e. The lowest BCUT2D eigenvalue weighted by molar-refractivity contribution is 0.466. The standard InChI is InChI=1S/C11H13FO/c1-3-8(2)6-9-7-10(12)4-5-11(9)13/h3-5,7,13H,6H2,1-2H3/b8-3+. The molecule has 1 nitrogen and oxygen atoms in total. The summed E-state index contributed by atoms with van der Waals surface area (Å²) in [6.07, 6.45) is 2.55. The van der Waals surface area contributed by atoms with E-state index in [1.807, 2.05) is 19.9 Å². The summed E-state index contributed by atoms with van der Waals surface area (Å²) < 4.78 is 12.8. The molecule has 0 saturated heterocycles. The fraction of sp³-hybridized carbons (Fsp3) is 0.273. The molecule has 0 bridgehead atoms. The van der Waals surface area contributed by atoms with Crippen LogP contribution < -0.4 is 0 Å². The van der Waals surface area contributed by atoms with Crippen molar-refractivity contribution in [2.75, 3.05) is 0 Å². The number of hydrogen-bond acceptors (Lipinski definition) is 1. The molecule has 13 heavy (non-hydrogen) atoms. The van der Waals surface area contributed by atoms with Gasteiger partial charge in [0.05, 0.1) is 0 Å². The largest absolute Gasteiger partial charge is 0.508 e. The van der Waals surface area contributed by atoms with E-state index in [0.29, 0.717) is 12.0 Å². The molecule has 1 aromatic rings. The van der Waals surface area contributed by atoms with Crippen molar-refractivity contribution < 1.29 is 9.50 Å². The maximum Gasteiger partial charge on any atom is 0.123 e. The third-order valence-electron chi connectivity index (χ3n) is 2.00. The van der Waals surface area contributed by atoms with Crippen molar-refractivity contribution in [1.82, 2.24) is 0 Å². The van der Waals surface area contributed by atoms with E-state index in [1.54, 1.807) is 0 Å². The molecule has 0 aliphatic rings. The summed E-state index contributed by atoms with van der Waals surface area (Å²) in [6, 6.07) is 4.00. The van der Waals surface area contributed by atoms with E-state index < -0.39 is 0 Å². The van der Waals surface area contributed by atoms with Gasteiger partial charge in [0.1, 0.15) is 11.6 Å². The Morgan fingerprint density at radius 3 is 2.85 bits per heavy atom. The first-order valence-electron chi connectivity index (χ1n) is 4.22.